The van der Waals surface area contributed by atoms with Crippen LogP contribution >= 0.6 is 0 Å². The number of fused-ring (bicyclic) bond motifs is 1. The Bertz CT molecular complexity index is 443. The molecule has 0 amide bonds. The molecule has 0 radical (unpaired) electrons. The van der Waals surface area contributed by atoms with Gasteiger partial charge in [-0.05, 0) is 47.0 Å². The molecule has 0 aliphatic carbocycles. The average molecular weight is 189 g/mol. The number of hydrogen-bond donors (Lipinski definition) is 1. The second-order valence-electron chi connectivity index (χ2n) is 3.63. The molecule has 2 aromatic rings. The summed E-state index contributed by atoms with van der Waals surface area (Å²) in [6, 6.07) is 4.17. The number of hydrogen-bond acceptors (Lipinski definition) is 4. The molecule has 3 heterocycles. The van der Waals surface area contributed by atoms with Crippen LogP contribution in [0.1, 0.15) is 17.9 Å². The Kier molecular flexibility index (Phi) is 1.70. The van der Waals surface area contributed by atoms with Gasteiger partial charge in [-0.2, -0.15) is 0 Å². The first-order valence-corrected chi connectivity index (χ1v) is 4.82. The fourth-order valence-electron chi connectivity index (χ4n) is 1.95. The summed E-state index contributed by atoms with van der Waals surface area (Å²) in [5.74, 6) is 0.622. The van der Waals surface area contributed by atoms with Gasteiger partial charge in [0.15, 0.2) is 5.65 Å². The SMILES string of the molecule is c1cn2nnnc2cc1C1CCNC1. The minimum Gasteiger partial charge on any atom is -0.316 e. The molecule has 5 heteroatoms. The van der Waals surface area contributed by atoms with Gasteiger partial charge >= 0.3 is 0 Å². The van der Waals surface area contributed by atoms with E-state index in [-0.39, 0.29) is 0 Å². The standard InChI is InChI=1S/C9H11N5/c1-3-10-6-8(1)7-2-4-14-9(5-7)11-12-13-14/h2,4-5,8,10H,1,3,6H2. The van der Waals surface area contributed by atoms with Gasteiger partial charge in [0.05, 0.1) is 0 Å². The summed E-state index contributed by atoms with van der Waals surface area (Å²) in [7, 11) is 0. The Balaban J connectivity index is 2.04. The molecular formula is C9H11N5. The third-order valence-electron chi connectivity index (χ3n) is 2.75. The summed E-state index contributed by atoms with van der Waals surface area (Å²) in [4.78, 5) is 0. The zero-order valence-electron chi connectivity index (χ0n) is 7.72. The highest BCUT2D eigenvalue weighted by molar-refractivity contribution is 5.40. The summed E-state index contributed by atoms with van der Waals surface area (Å²) in [6.45, 7) is 2.18. The van der Waals surface area contributed by atoms with Gasteiger partial charge in [-0.25, -0.2) is 4.52 Å². The van der Waals surface area contributed by atoms with Crippen LogP contribution in [0.25, 0.3) is 5.65 Å². The summed E-state index contributed by atoms with van der Waals surface area (Å²) in [5.41, 5.74) is 2.16. The molecule has 3 rings (SSSR count). The maximum absolute atomic E-state index is 3.93. The second-order valence-corrected chi connectivity index (χ2v) is 3.63. The van der Waals surface area contributed by atoms with Crippen LogP contribution in [-0.2, 0) is 0 Å². The second kappa shape index (κ2) is 3.02. The van der Waals surface area contributed by atoms with Crippen molar-refractivity contribution in [3.63, 3.8) is 0 Å². The number of tetrazole rings is 1. The summed E-state index contributed by atoms with van der Waals surface area (Å²) < 4.78 is 1.69. The maximum Gasteiger partial charge on any atom is 0.179 e. The van der Waals surface area contributed by atoms with Gasteiger partial charge in [0.25, 0.3) is 0 Å². The lowest BCUT2D eigenvalue weighted by Crippen LogP contribution is -2.08. The van der Waals surface area contributed by atoms with E-state index in [2.05, 4.69) is 33.0 Å². The largest absolute Gasteiger partial charge is 0.316 e. The van der Waals surface area contributed by atoms with Crippen molar-refractivity contribution in [3.05, 3.63) is 23.9 Å². The van der Waals surface area contributed by atoms with Crippen LogP contribution in [0.3, 0.4) is 0 Å². The van der Waals surface area contributed by atoms with E-state index in [1.807, 2.05) is 6.20 Å². The molecule has 72 valence electrons. The minimum absolute atomic E-state index is 0.622. The van der Waals surface area contributed by atoms with Crippen molar-refractivity contribution in [3.8, 4) is 0 Å². The van der Waals surface area contributed by atoms with Crippen molar-refractivity contribution in [2.75, 3.05) is 13.1 Å². The molecule has 0 spiro atoms. The van der Waals surface area contributed by atoms with Crippen molar-refractivity contribution < 1.29 is 0 Å². The fourth-order valence-corrected chi connectivity index (χ4v) is 1.95. The summed E-state index contributed by atoms with van der Waals surface area (Å²) in [5, 5.41) is 14.7. The highest BCUT2D eigenvalue weighted by Gasteiger charge is 2.16. The normalized spacial score (nSPS) is 21.9. The highest BCUT2D eigenvalue weighted by atomic mass is 15.5. The molecule has 1 fully saturated rings. The summed E-state index contributed by atoms with van der Waals surface area (Å²) in [6.07, 6.45) is 3.13. The molecule has 5 nitrogen and oxygen atoms in total. The lowest BCUT2D eigenvalue weighted by molar-refractivity contribution is 0.758. The Morgan fingerprint density at radius 3 is 3.36 bits per heavy atom. The predicted molar refractivity (Wildman–Crippen MR) is 51.0 cm³/mol. The first-order chi connectivity index (χ1) is 6.93. The number of rotatable bonds is 1. The summed E-state index contributed by atoms with van der Waals surface area (Å²) >= 11 is 0. The Morgan fingerprint density at radius 1 is 1.50 bits per heavy atom. The molecule has 14 heavy (non-hydrogen) atoms. The Hall–Kier alpha value is -1.49. The molecule has 0 saturated carbocycles. The van der Waals surface area contributed by atoms with Gasteiger partial charge in [0.2, 0.25) is 0 Å². The van der Waals surface area contributed by atoms with Crippen molar-refractivity contribution in [1.82, 2.24) is 25.4 Å². The topological polar surface area (TPSA) is 55.1 Å². The van der Waals surface area contributed by atoms with Crippen LogP contribution in [0, 0.1) is 0 Å². The maximum atomic E-state index is 3.93. The zero-order chi connectivity index (χ0) is 9.38. The molecule has 1 aliphatic rings. The van der Waals surface area contributed by atoms with Crippen LogP contribution in [0.4, 0.5) is 0 Å². The van der Waals surface area contributed by atoms with Gasteiger partial charge < -0.3 is 5.32 Å². The molecule has 0 bridgehead atoms. The van der Waals surface area contributed by atoms with Crippen molar-refractivity contribution in [2.45, 2.75) is 12.3 Å². The van der Waals surface area contributed by atoms with Gasteiger partial charge in [-0.3, -0.25) is 0 Å². The lowest BCUT2D eigenvalue weighted by Gasteiger charge is -2.07. The number of aromatic nitrogens is 4. The van der Waals surface area contributed by atoms with E-state index in [4.69, 9.17) is 0 Å². The molecule has 1 atom stereocenters. The number of pyridine rings is 1. The predicted octanol–water partition coefficient (Wildman–Crippen LogP) is 0.201. The van der Waals surface area contributed by atoms with E-state index in [1.165, 1.54) is 12.0 Å². The van der Waals surface area contributed by atoms with Gasteiger partial charge in [0, 0.05) is 12.7 Å². The molecule has 1 aliphatic heterocycles. The average Bonchev–Trinajstić information content (AvgIpc) is 2.88. The quantitative estimate of drug-likeness (QED) is 0.696. The third-order valence-corrected chi connectivity index (χ3v) is 2.75. The smallest absolute Gasteiger partial charge is 0.179 e. The number of nitrogens with zero attached hydrogens (tertiary/aromatic N) is 4. The van der Waals surface area contributed by atoms with Gasteiger partial charge in [-0.1, -0.05) is 0 Å². The lowest BCUT2D eigenvalue weighted by atomic mass is 10.00. The van der Waals surface area contributed by atoms with Crippen molar-refractivity contribution in [1.29, 1.82) is 0 Å². The monoisotopic (exact) mass is 189 g/mol. The molecule has 1 unspecified atom stereocenters. The molecule has 0 aromatic carbocycles. The van der Waals surface area contributed by atoms with Gasteiger partial charge in [0.1, 0.15) is 0 Å². The van der Waals surface area contributed by atoms with Crippen LogP contribution in [-0.4, -0.2) is 33.1 Å². The fraction of sp³-hybridized carbons (Fsp3) is 0.444. The molecule has 1 saturated heterocycles. The van der Waals surface area contributed by atoms with E-state index in [1.54, 1.807) is 4.52 Å². The third kappa shape index (κ3) is 1.17. The van der Waals surface area contributed by atoms with E-state index in [0.717, 1.165) is 18.7 Å². The zero-order valence-corrected chi connectivity index (χ0v) is 7.72. The molecular weight excluding hydrogens is 178 g/mol. The number of nitrogens with one attached hydrogen (secondary N) is 1. The van der Waals surface area contributed by atoms with Crippen molar-refractivity contribution >= 4 is 5.65 Å². The van der Waals surface area contributed by atoms with Crippen LogP contribution in [0.2, 0.25) is 0 Å². The van der Waals surface area contributed by atoms with E-state index < -0.39 is 0 Å². The van der Waals surface area contributed by atoms with Crippen molar-refractivity contribution in [2.24, 2.45) is 0 Å². The van der Waals surface area contributed by atoms with Crippen LogP contribution in [0.15, 0.2) is 18.3 Å². The van der Waals surface area contributed by atoms with Crippen LogP contribution < -0.4 is 5.32 Å². The first kappa shape index (κ1) is 7.87. The van der Waals surface area contributed by atoms with Gasteiger partial charge in [-0.15, -0.1) is 5.10 Å². The Labute approximate surface area is 81.1 Å². The van der Waals surface area contributed by atoms with Crippen LogP contribution in [0.5, 0.6) is 0 Å². The molecule has 2 aromatic heterocycles. The molecule has 1 N–H and O–H groups in total. The van der Waals surface area contributed by atoms with E-state index in [9.17, 15) is 0 Å². The van der Waals surface area contributed by atoms with E-state index in [0.29, 0.717) is 5.92 Å². The Morgan fingerprint density at radius 2 is 2.50 bits per heavy atom. The first-order valence-electron chi connectivity index (χ1n) is 4.82. The minimum atomic E-state index is 0.622. The van der Waals surface area contributed by atoms with E-state index >= 15 is 0 Å². The highest BCUT2D eigenvalue weighted by Crippen LogP contribution is 2.22.